The summed E-state index contributed by atoms with van der Waals surface area (Å²) < 4.78 is 10.9. The maximum Gasteiger partial charge on any atom is 0.349 e. The van der Waals surface area contributed by atoms with E-state index in [1.165, 1.54) is 38.5 Å². The number of imidazole rings is 2. The Kier molecular flexibility index (Phi) is 15.7. The van der Waals surface area contributed by atoms with Gasteiger partial charge in [0.2, 0.25) is 5.95 Å². The number of H-pyrrole nitrogens is 1. The highest BCUT2D eigenvalue weighted by atomic mass is 16.5. The van der Waals surface area contributed by atoms with Crippen LogP contribution in [0.4, 0.5) is 17.6 Å². The van der Waals surface area contributed by atoms with E-state index in [9.17, 15) is 9.59 Å². The molecule has 62 heavy (non-hydrogen) atoms. The number of aromatic nitrogens is 10. The van der Waals surface area contributed by atoms with Gasteiger partial charge in [-0.1, -0.05) is 0 Å². The zero-order chi connectivity index (χ0) is 44.3. The summed E-state index contributed by atoms with van der Waals surface area (Å²) in [7, 11) is 0. The molecule has 19 heteroatoms. The Hall–Kier alpha value is -5.85. The third-order valence-electron chi connectivity index (χ3n) is 11.2. The van der Waals surface area contributed by atoms with Crippen molar-refractivity contribution in [3.8, 4) is 0 Å². The van der Waals surface area contributed by atoms with E-state index < -0.39 is 0 Å². The van der Waals surface area contributed by atoms with Crippen molar-refractivity contribution in [2.45, 2.75) is 119 Å². The second-order valence-electron chi connectivity index (χ2n) is 16.7. The number of fused-ring (bicyclic) bond motifs is 2. The molecule has 3 aliphatic heterocycles. The minimum atomic E-state index is -0.241. The normalized spacial score (nSPS) is 16.9. The minimum absolute atomic E-state index is 0.126. The second-order valence-corrected chi connectivity index (χ2v) is 16.7. The van der Waals surface area contributed by atoms with Gasteiger partial charge in [-0.3, -0.25) is 14.3 Å². The van der Waals surface area contributed by atoms with E-state index in [2.05, 4.69) is 78.4 Å². The largest absolute Gasteiger partial charge is 0.378 e. The van der Waals surface area contributed by atoms with Crippen LogP contribution >= 0.6 is 0 Å². The SMILES string of the molecule is CC(=Nc1ccn(C(C)C)c(=O)n1)N1CCCCC1.CC(=Nc1nc2c(ncn2C(C)C)c(=O)[nH]1)N1CCCCC1.CC(=Nc1ncnc2c1ncn2C(C)C)N1CCOCC1. The lowest BCUT2D eigenvalue weighted by Gasteiger charge is -2.28. The summed E-state index contributed by atoms with van der Waals surface area (Å²) in [5.74, 6) is 4.28. The highest BCUT2D eigenvalue weighted by molar-refractivity contribution is 5.88. The monoisotopic (exact) mass is 853 g/mol. The summed E-state index contributed by atoms with van der Waals surface area (Å²) in [5, 5.41) is 0. The molecule has 0 amide bonds. The van der Waals surface area contributed by atoms with Gasteiger partial charge in [-0.05, 0) is 107 Å². The average Bonchev–Trinajstić information content (AvgIpc) is 3.91. The molecule has 0 radical (unpaired) electrons. The van der Waals surface area contributed by atoms with Crippen molar-refractivity contribution >= 4 is 57.4 Å². The molecule has 0 atom stereocenters. The summed E-state index contributed by atoms with van der Waals surface area (Å²) in [6.45, 7) is 25.5. The molecule has 334 valence electrons. The first-order chi connectivity index (χ1) is 29.8. The number of hydrogen-bond donors (Lipinski definition) is 1. The van der Waals surface area contributed by atoms with Crippen molar-refractivity contribution in [2.24, 2.45) is 15.0 Å². The Morgan fingerprint density at radius 3 is 1.73 bits per heavy atom. The van der Waals surface area contributed by atoms with Crippen LogP contribution in [0.1, 0.15) is 119 Å². The smallest absolute Gasteiger partial charge is 0.349 e. The number of nitrogens with zero attached hydrogens (tertiary/aromatic N) is 15. The van der Waals surface area contributed by atoms with E-state index in [-0.39, 0.29) is 23.3 Å². The van der Waals surface area contributed by atoms with Gasteiger partial charge in [-0.2, -0.15) is 9.97 Å². The summed E-state index contributed by atoms with van der Waals surface area (Å²) in [6, 6.07) is 2.43. The van der Waals surface area contributed by atoms with E-state index in [1.807, 2.05) is 57.6 Å². The molecule has 1 N–H and O–H groups in total. The fraction of sp³-hybridized carbons (Fsp3) is 0.605. The first-order valence-electron chi connectivity index (χ1n) is 22.0. The van der Waals surface area contributed by atoms with Gasteiger partial charge >= 0.3 is 5.69 Å². The molecule has 0 aromatic carbocycles. The average molecular weight is 853 g/mol. The highest BCUT2D eigenvalue weighted by Crippen LogP contribution is 2.23. The van der Waals surface area contributed by atoms with Crippen molar-refractivity contribution in [1.82, 2.24) is 63.3 Å². The molecule has 0 bridgehead atoms. The maximum absolute atomic E-state index is 12.1. The van der Waals surface area contributed by atoms with E-state index in [0.717, 1.165) is 81.2 Å². The first kappa shape index (κ1) is 45.7. The summed E-state index contributed by atoms with van der Waals surface area (Å²) in [5.41, 5.74) is 2.05. The van der Waals surface area contributed by atoms with Crippen molar-refractivity contribution < 1.29 is 4.74 Å². The van der Waals surface area contributed by atoms with Crippen LogP contribution in [-0.4, -0.2) is 133 Å². The van der Waals surface area contributed by atoms with Crippen LogP contribution in [0.3, 0.4) is 0 Å². The predicted octanol–water partition coefficient (Wildman–Crippen LogP) is 6.39. The van der Waals surface area contributed by atoms with Crippen LogP contribution in [0.15, 0.2) is 55.8 Å². The number of hydrogen-bond acceptors (Lipinski definition) is 12. The molecular formula is C43H64N16O3. The predicted molar refractivity (Wildman–Crippen MR) is 245 cm³/mol. The van der Waals surface area contributed by atoms with Gasteiger partial charge in [-0.15, -0.1) is 0 Å². The molecule has 3 fully saturated rings. The zero-order valence-corrected chi connectivity index (χ0v) is 38.0. The van der Waals surface area contributed by atoms with Gasteiger partial charge in [0.05, 0.1) is 25.9 Å². The van der Waals surface area contributed by atoms with E-state index in [0.29, 0.717) is 34.8 Å². The third-order valence-corrected chi connectivity index (χ3v) is 11.2. The van der Waals surface area contributed by atoms with Gasteiger partial charge in [0.1, 0.15) is 23.8 Å². The first-order valence-corrected chi connectivity index (χ1v) is 22.0. The van der Waals surface area contributed by atoms with Gasteiger partial charge in [-0.25, -0.2) is 39.7 Å². The van der Waals surface area contributed by atoms with Crippen molar-refractivity contribution in [3.63, 3.8) is 0 Å². The standard InChI is InChI=1S/C15H22N6O.C14H20N6O.C14H22N4O/c1-10(2)21-9-16-12-13(21)18-15(19-14(12)22)17-11(3)20-7-5-4-6-8-20;1-10(2)20-9-17-12-13(15-8-16-14(12)20)18-11(3)19-4-6-21-7-5-19;1-11(2)18-10-7-13(16-14(18)19)15-12(3)17-8-5-4-6-9-17/h9-10H,4-8H2,1-3H3,(H,18,19,22);8-10H,4-7H2,1-3H3;7,10-11H,4-6,8-9H2,1-3H3. The van der Waals surface area contributed by atoms with E-state index in [1.54, 1.807) is 35.8 Å². The topological polar surface area (TPSA) is 198 Å². The molecule has 5 aromatic heterocycles. The minimum Gasteiger partial charge on any atom is -0.378 e. The lowest BCUT2D eigenvalue weighted by atomic mass is 10.1. The Morgan fingerprint density at radius 1 is 0.613 bits per heavy atom. The molecular weight excluding hydrogens is 789 g/mol. The lowest BCUT2D eigenvalue weighted by Crippen LogP contribution is -2.39. The Bertz CT molecular complexity index is 2460. The summed E-state index contributed by atoms with van der Waals surface area (Å²) in [6.07, 6.45) is 14.2. The number of morpholine rings is 1. The molecule has 5 aromatic rings. The van der Waals surface area contributed by atoms with E-state index in [4.69, 9.17) is 4.74 Å². The van der Waals surface area contributed by atoms with Gasteiger partial charge in [0.25, 0.3) is 5.56 Å². The second kappa shape index (κ2) is 21.3. The third kappa shape index (κ3) is 11.5. The molecule has 3 aliphatic rings. The summed E-state index contributed by atoms with van der Waals surface area (Å²) in [4.78, 5) is 72.7. The van der Waals surface area contributed by atoms with Gasteiger partial charge in [0.15, 0.2) is 34.0 Å². The quantitative estimate of drug-likeness (QED) is 0.146. The van der Waals surface area contributed by atoms with Crippen molar-refractivity contribution in [2.75, 3.05) is 52.5 Å². The Balaban J connectivity index is 0.000000156. The van der Waals surface area contributed by atoms with Crippen LogP contribution in [0.5, 0.6) is 0 Å². The van der Waals surface area contributed by atoms with Crippen LogP contribution in [0.2, 0.25) is 0 Å². The number of likely N-dealkylation sites (tertiary alicyclic amines) is 2. The number of piperidine rings is 2. The van der Waals surface area contributed by atoms with Crippen LogP contribution in [0, 0.1) is 0 Å². The fourth-order valence-electron chi connectivity index (χ4n) is 7.51. The van der Waals surface area contributed by atoms with Crippen LogP contribution < -0.4 is 11.2 Å². The molecule has 19 nitrogen and oxygen atoms in total. The number of ether oxygens (including phenoxy) is 1. The zero-order valence-electron chi connectivity index (χ0n) is 38.0. The van der Waals surface area contributed by atoms with Crippen LogP contribution in [0.25, 0.3) is 22.3 Å². The molecule has 8 heterocycles. The molecule has 0 spiro atoms. The van der Waals surface area contributed by atoms with Crippen molar-refractivity contribution in [1.29, 1.82) is 0 Å². The number of nitrogens with one attached hydrogen (secondary N) is 1. The van der Waals surface area contributed by atoms with Gasteiger partial charge < -0.3 is 28.6 Å². The summed E-state index contributed by atoms with van der Waals surface area (Å²) >= 11 is 0. The number of rotatable bonds is 6. The Morgan fingerprint density at radius 2 is 1.15 bits per heavy atom. The number of aromatic amines is 1. The molecule has 0 unspecified atom stereocenters. The maximum atomic E-state index is 12.1. The lowest BCUT2D eigenvalue weighted by molar-refractivity contribution is 0.0678. The van der Waals surface area contributed by atoms with E-state index >= 15 is 0 Å². The van der Waals surface area contributed by atoms with Gasteiger partial charge in [0, 0.05) is 63.6 Å². The number of amidine groups is 3. The fourth-order valence-corrected chi connectivity index (χ4v) is 7.51. The molecule has 8 rings (SSSR count). The molecule has 0 saturated carbocycles. The Labute approximate surface area is 363 Å². The molecule has 3 saturated heterocycles. The molecule has 0 aliphatic carbocycles. The van der Waals surface area contributed by atoms with Crippen molar-refractivity contribution in [3.05, 3.63) is 52.1 Å². The van der Waals surface area contributed by atoms with Crippen LogP contribution in [-0.2, 0) is 4.74 Å². The highest BCUT2D eigenvalue weighted by Gasteiger charge is 2.17. The number of aliphatic imine (C=N–C) groups is 3.